The number of aryl methyl sites for hydroxylation is 2. The quantitative estimate of drug-likeness (QED) is 0.310. The number of fused-ring (bicyclic) bond motifs is 1. The van der Waals surface area contributed by atoms with E-state index in [9.17, 15) is 18.0 Å². The maximum absolute atomic E-state index is 13.3. The Morgan fingerprint density at radius 1 is 1.09 bits per heavy atom. The number of amides is 1. The zero-order chi connectivity index (χ0) is 23.0. The third kappa shape index (κ3) is 4.76. The molecule has 0 unspecified atom stereocenters. The van der Waals surface area contributed by atoms with Crippen LogP contribution in [0, 0.1) is 13.8 Å². The van der Waals surface area contributed by atoms with Crippen molar-refractivity contribution in [3.63, 3.8) is 0 Å². The van der Waals surface area contributed by atoms with Crippen LogP contribution < -0.4 is 10.1 Å². The number of hydrogen-bond acceptors (Lipinski definition) is 5. The van der Waals surface area contributed by atoms with Gasteiger partial charge in [-0.2, -0.15) is 13.2 Å². The molecule has 2 aromatic carbocycles. The largest absolute Gasteiger partial charge is 0.433 e. The van der Waals surface area contributed by atoms with Crippen molar-refractivity contribution < 1.29 is 22.7 Å². The van der Waals surface area contributed by atoms with Crippen molar-refractivity contribution in [3.8, 4) is 10.9 Å². The minimum atomic E-state index is -4.69. The van der Waals surface area contributed by atoms with Gasteiger partial charge in [0.25, 0.3) is 11.1 Å². The minimum absolute atomic E-state index is 0.0673. The van der Waals surface area contributed by atoms with Gasteiger partial charge in [-0.15, -0.1) is 0 Å². The Balaban J connectivity index is 1.67. The van der Waals surface area contributed by atoms with Gasteiger partial charge in [0.2, 0.25) is 0 Å². The van der Waals surface area contributed by atoms with E-state index in [2.05, 4.69) is 31.2 Å². The van der Waals surface area contributed by atoms with Gasteiger partial charge >= 0.3 is 6.18 Å². The van der Waals surface area contributed by atoms with Crippen LogP contribution in [0.2, 0.25) is 0 Å². The van der Waals surface area contributed by atoms with E-state index in [0.29, 0.717) is 31.5 Å². The van der Waals surface area contributed by atoms with Crippen LogP contribution >= 0.6 is 27.3 Å². The summed E-state index contributed by atoms with van der Waals surface area (Å²) >= 11 is 4.37. The number of ether oxygens (including phenoxy) is 1. The van der Waals surface area contributed by atoms with Gasteiger partial charge in [-0.05, 0) is 55.8 Å². The number of nitrogens with one attached hydrogen (secondary N) is 1. The minimum Gasteiger partial charge on any atom is -0.431 e. The van der Waals surface area contributed by atoms with Crippen molar-refractivity contribution in [1.29, 1.82) is 0 Å². The number of pyridine rings is 1. The molecule has 4 rings (SSSR count). The van der Waals surface area contributed by atoms with E-state index in [4.69, 9.17) is 4.74 Å². The van der Waals surface area contributed by atoms with Gasteiger partial charge in [0, 0.05) is 9.86 Å². The lowest BCUT2D eigenvalue weighted by Crippen LogP contribution is -2.16. The van der Waals surface area contributed by atoms with Gasteiger partial charge in [0.15, 0.2) is 0 Å². The number of hydrogen-bond donors (Lipinski definition) is 1. The lowest BCUT2D eigenvalue weighted by atomic mass is 10.1. The summed E-state index contributed by atoms with van der Waals surface area (Å²) in [6.07, 6.45) is -4.69. The van der Waals surface area contributed by atoms with Crippen molar-refractivity contribution in [2.24, 2.45) is 0 Å². The summed E-state index contributed by atoms with van der Waals surface area (Å²) in [6, 6.07) is 12.7. The van der Waals surface area contributed by atoms with Crippen LogP contribution in [0.1, 0.15) is 27.3 Å². The molecule has 4 aromatic rings. The van der Waals surface area contributed by atoms with Crippen LogP contribution in [0.15, 0.2) is 53.0 Å². The van der Waals surface area contributed by atoms with Crippen molar-refractivity contribution in [1.82, 2.24) is 9.97 Å². The Morgan fingerprint density at radius 3 is 2.59 bits per heavy atom. The smallest absolute Gasteiger partial charge is 0.431 e. The zero-order valence-corrected chi connectivity index (χ0v) is 19.2. The molecule has 0 radical (unpaired) electrons. The van der Waals surface area contributed by atoms with E-state index in [1.165, 1.54) is 6.07 Å². The first-order valence-electron chi connectivity index (χ1n) is 9.31. The average molecular weight is 522 g/mol. The van der Waals surface area contributed by atoms with Gasteiger partial charge in [0.05, 0.1) is 16.8 Å². The molecule has 1 N–H and O–H groups in total. The molecule has 5 nitrogen and oxygen atoms in total. The van der Waals surface area contributed by atoms with Crippen molar-refractivity contribution >= 4 is 49.1 Å². The van der Waals surface area contributed by atoms with Crippen LogP contribution in [-0.4, -0.2) is 15.9 Å². The fourth-order valence-electron chi connectivity index (χ4n) is 3.01. The summed E-state index contributed by atoms with van der Waals surface area (Å²) in [5.74, 6) is -0.105. The molecular weight excluding hydrogens is 507 g/mol. The molecule has 0 aliphatic carbocycles. The van der Waals surface area contributed by atoms with Crippen molar-refractivity contribution in [3.05, 3.63) is 75.5 Å². The second kappa shape index (κ2) is 8.51. The molecule has 1 amide bonds. The summed E-state index contributed by atoms with van der Waals surface area (Å²) in [4.78, 5) is 21.0. The molecule has 32 heavy (non-hydrogen) atoms. The Labute approximate surface area is 193 Å². The molecule has 0 saturated heterocycles. The first-order chi connectivity index (χ1) is 15.1. The number of carbonyl (C=O) groups excluding carboxylic acids is 1. The Bertz CT molecular complexity index is 1340. The number of alkyl halides is 3. The van der Waals surface area contributed by atoms with Crippen LogP contribution in [0.25, 0.3) is 10.9 Å². The Morgan fingerprint density at radius 2 is 1.88 bits per heavy atom. The van der Waals surface area contributed by atoms with E-state index in [-0.39, 0.29) is 11.1 Å². The third-order valence-electron chi connectivity index (χ3n) is 4.50. The summed E-state index contributed by atoms with van der Waals surface area (Å²) in [5, 5.41) is 3.64. The molecule has 2 aromatic heterocycles. The molecule has 0 aliphatic heterocycles. The number of halogens is 4. The van der Waals surface area contributed by atoms with Gasteiger partial charge in [-0.25, -0.2) is 9.97 Å². The number of rotatable bonds is 4. The van der Waals surface area contributed by atoms with E-state index >= 15 is 0 Å². The molecule has 0 fully saturated rings. The fourth-order valence-corrected chi connectivity index (χ4v) is 4.21. The SMILES string of the molecule is Cc1cccc(Oc2nc(C)c(NC(=O)c3cc(C(F)(F)F)nc4ccc(Br)cc34)s2)c1. The van der Waals surface area contributed by atoms with Crippen molar-refractivity contribution in [2.75, 3.05) is 5.32 Å². The summed E-state index contributed by atoms with van der Waals surface area (Å²) < 4.78 is 46.4. The summed E-state index contributed by atoms with van der Waals surface area (Å²) in [6.45, 7) is 3.61. The fraction of sp³-hybridized carbons (Fsp3) is 0.136. The number of benzene rings is 2. The maximum atomic E-state index is 13.3. The molecule has 0 aliphatic rings. The molecular formula is C22H15BrF3N3O2S. The highest BCUT2D eigenvalue weighted by molar-refractivity contribution is 9.10. The van der Waals surface area contributed by atoms with Crippen LogP contribution in [0.4, 0.5) is 18.2 Å². The lowest BCUT2D eigenvalue weighted by molar-refractivity contribution is -0.140. The normalized spacial score (nSPS) is 11.6. The standard InChI is InChI=1S/C22H15BrF3N3O2S/c1-11-4-3-5-14(8-11)31-21-27-12(2)20(32-21)29-19(30)16-10-18(22(24,25)26)28-17-7-6-13(23)9-15(16)17/h3-10H,1-2H3,(H,29,30). The number of aromatic nitrogens is 2. The molecule has 0 spiro atoms. The average Bonchev–Trinajstić information content (AvgIpc) is 3.04. The topological polar surface area (TPSA) is 64.1 Å². The Hall–Kier alpha value is -2.98. The van der Waals surface area contributed by atoms with E-state index in [1.807, 2.05) is 25.1 Å². The predicted molar refractivity (Wildman–Crippen MR) is 121 cm³/mol. The monoisotopic (exact) mass is 521 g/mol. The van der Waals surface area contributed by atoms with Gasteiger partial charge in [-0.1, -0.05) is 39.4 Å². The molecule has 0 bridgehead atoms. The van der Waals surface area contributed by atoms with Crippen LogP contribution in [0.3, 0.4) is 0 Å². The van der Waals surface area contributed by atoms with E-state index in [0.717, 1.165) is 23.0 Å². The molecule has 2 heterocycles. The third-order valence-corrected chi connectivity index (χ3v) is 5.95. The Kier molecular flexibility index (Phi) is 5.91. The highest BCUT2D eigenvalue weighted by Gasteiger charge is 2.34. The second-order valence-electron chi connectivity index (χ2n) is 6.98. The summed E-state index contributed by atoms with van der Waals surface area (Å²) in [7, 11) is 0. The first kappa shape index (κ1) is 22.2. The first-order valence-corrected chi connectivity index (χ1v) is 10.9. The number of anilines is 1. The molecule has 0 atom stereocenters. The van der Waals surface area contributed by atoms with Gasteiger partial charge in [-0.3, -0.25) is 4.79 Å². The van der Waals surface area contributed by atoms with Crippen LogP contribution in [0.5, 0.6) is 10.9 Å². The predicted octanol–water partition coefficient (Wildman–Crippen LogP) is 7.13. The number of carbonyl (C=O) groups is 1. The lowest BCUT2D eigenvalue weighted by Gasteiger charge is -2.12. The maximum Gasteiger partial charge on any atom is 0.433 e. The second-order valence-corrected chi connectivity index (χ2v) is 8.86. The van der Waals surface area contributed by atoms with Gasteiger partial charge in [0.1, 0.15) is 16.4 Å². The zero-order valence-electron chi connectivity index (χ0n) is 16.7. The molecule has 164 valence electrons. The highest BCUT2D eigenvalue weighted by atomic mass is 79.9. The van der Waals surface area contributed by atoms with Gasteiger partial charge < -0.3 is 10.1 Å². The van der Waals surface area contributed by atoms with Crippen LogP contribution in [-0.2, 0) is 6.18 Å². The molecule has 0 saturated carbocycles. The molecule has 10 heteroatoms. The van der Waals surface area contributed by atoms with Crippen molar-refractivity contribution in [2.45, 2.75) is 20.0 Å². The van der Waals surface area contributed by atoms with E-state index < -0.39 is 17.8 Å². The summed E-state index contributed by atoms with van der Waals surface area (Å²) in [5.41, 5.74) is 0.291. The number of thiazole rings is 1. The van der Waals surface area contributed by atoms with E-state index in [1.54, 1.807) is 25.1 Å². The highest BCUT2D eigenvalue weighted by Crippen LogP contribution is 2.35. The number of nitrogens with zero attached hydrogens (tertiary/aromatic N) is 2.